The quantitative estimate of drug-likeness (QED) is 0.664. The number of nitrogens with zero attached hydrogens (tertiary/aromatic N) is 3. The number of hydrogen-bond acceptors (Lipinski definition) is 3. The van der Waals surface area contributed by atoms with E-state index >= 15 is 0 Å². The fraction of sp³-hybridized carbons (Fsp3) is 0.900. The van der Waals surface area contributed by atoms with E-state index in [2.05, 4.69) is 42.8 Å². The molecule has 13 heavy (non-hydrogen) atoms. The molecule has 0 amide bonds. The van der Waals surface area contributed by atoms with E-state index in [1.165, 1.54) is 19.3 Å². The fourth-order valence-electron chi connectivity index (χ4n) is 1.69. The lowest BCUT2D eigenvalue weighted by molar-refractivity contribution is 0.127. The monoisotopic (exact) mass is 183 g/mol. The molecule has 0 aromatic rings. The van der Waals surface area contributed by atoms with Crippen LogP contribution in [0.3, 0.4) is 0 Å². The molecule has 3 nitrogen and oxygen atoms in total. The summed E-state index contributed by atoms with van der Waals surface area (Å²) >= 11 is 0. The maximum Gasteiger partial charge on any atom is 0.119 e. The molecule has 0 aromatic heterocycles. The number of unbranched alkanes of at least 4 members (excludes halogenated alkanes) is 1. The van der Waals surface area contributed by atoms with Gasteiger partial charge < -0.3 is 4.90 Å². The summed E-state index contributed by atoms with van der Waals surface area (Å²) in [7, 11) is 2.05. The van der Waals surface area contributed by atoms with Gasteiger partial charge in [-0.2, -0.15) is 5.10 Å². The van der Waals surface area contributed by atoms with Gasteiger partial charge >= 0.3 is 0 Å². The lowest BCUT2D eigenvalue weighted by Gasteiger charge is -2.31. The molecule has 3 heteroatoms. The van der Waals surface area contributed by atoms with Gasteiger partial charge in [0.15, 0.2) is 0 Å². The maximum absolute atomic E-state index is 4.31. The highest BCUT2D eigenvalue weighted by Crippen LogP contribution is 2.18. The zero-order valence-corrected chi connectivity index (χ0v) is 9.20. The largest absolute Gasteiger partial charge is 0.337 e. The molecule has 1 aliphatic heterocycles. The topological polar surface area (TPSA) is 18.8 Å². The van der Waals surface area contributed by atoms with Gasteiger partial charge in [0.25, 0.3) is 0 Å². The Bertz CT molecular complexity index is 177. The molecule has 0 saturated heterocycles. The Morgan fingerprint density at radius 3 is 2.69 bits per heavy atom. The Hall–Kier alpha value is -0.730. The number of hydrazone groups is 1. The summed E-state index contributed by atoms with van der Waals surface area (Å²) in [4.78, 5) is 2.33. The van der Waals surface area contributed by atoms with Gasteiger partial charge in [0, 0.05) is 13.1 Å². The van der Waals surface area contributed by atoms with Crippen molar-refractivity contribution < 1.29 is 0 Å². The van der Waals surface area contributed by atoms with Gasteiger partial charge in [0.05, 0.1) is 0 Å². The van der Waals surface area contributed by atoms with Crippen LogP contribution in [0.25, 0.3) is 0 Å². The highest BCUT2D eigenvalue weighted by atomic mass is 15.6. The van der Waals surface area contributed by atoms with Crippen LogP contribution in [0.2, 0.25) is 0 Å². The van der Waals surface area contributed by atoms with E-state index < -0.39 is 0 Å². The summed E-state index contributed by atoms with van der Waals surface area (Å²) in [5.74, 6) is 0. The third-order valence-corrected chi connectivity index (χ3v) is 2.55. The van der Waals surface area contributed by atoms with E-state index in [1.54, 1.807) is 0 Å². The average Bonchev–Trinajstić information content (AvgIpc) is 2.43. The van der Waals surface area contributed by atoms with Crippen molar-refractivity contribution in [3.05, 3.63) is 0 Å². The van der Waals surface area contributed by atoms with E-state index in [0.29, 0.717) is 12.2 Å². The molecule has 0 aromatic carbocycles. The maximum atomic E-state index is 4.31. The van der Waals surface area contributed by atoms with Gasteiger partial charge in [-0.1, -0.05) is 13.3 Å². The zero-order valence-electron chi connectivity index (χ0n) is 9.20. The average molecular weight is 183 g/mol. The van der Waals surface area contributed by atoms with Gasteiger partial charge in [-0.05, 0) is 26.7 Å². The molecular formula is C10H21N3. The van der Waals surface area contributed by atoms with Crippen molar-refractivity contribution in [2.45, 2.75) is 52.2 Å². The smallest absolute Gasteiger partial charge is 0.119 e. The van der Waals surface area contributed by atoms with Crippen molar-refractivity contribution in [1.82, 2.24) is 9.91 Å². The van der Waals surface area contributed by atoms with Crippen molar-refractivity contribution >= 4 is 6.34 Å². The molecule has 1 unspecified atom stereocenters. The molecular weight excluding hydrogens is 162 g/mol. The molecule has 0 bridgehead atoms. The highest BCUT2D eigenvalue weighted by Gasteiger charge is 2.25. The highest BCUT2D eigenvalue weighted by molar-refractivity contribution is 5.57. The second-order valence-corrected chi connectivity index (χ2v) is 3.97. The SMILES string of the molecule is CCCCC1N(C)N=CN1C(C)C. The molecule has 0 spiro atoms. The first-order valence-electron chi connectivity index (χ1n) is 5.21. The summed E-state index contributed by atoms with van der Waals surface area (Å²) < 4.78 is 0. The van der Waals surface area contributed by atoms with Gasteiger partial charge in [-0.25, -0.2) is 0 Å². The molecule has 0 radical (unpaired) electrons. The zero-order chi connectivity index (χ0) is 9.84. The standard InChI is InChI=1S/C10H21N3/c1-5-6-7-10-12(4)11-8-13(10)9(2)3/h8-10H,5-7H2,1-4H3. The van der Waals surface area contributed by atoms with Crippen LogP contribution in [-0.2, 0) is 0 Å². The Morgan fingerprint density at radius 1 is 1.46 bits per heavy atom. The van der Waals surface area contributed by atoms with Gasteiger partial charge in [0.1, 0.15) is 12.5 Å². The summed E-state index contributed by atoms with van der Waals surface area (Å²) in [6.45, 7) is 6.66. The lowest BCUT2D eigenvalue weighted by Crippen LogP contribution is -2.41. The molecule has 0 aliphatic carbocycles. The Balaban J connectivity index is 2.49. The van der Waals surface area contributed by atoms with Crippen molar-refractivity contribution in [3.8, 4) is 0 Å². The lowest BCUT2D eigenvalue weighted by atomic mass is 10.2. The minimum atomic E-state index is 0.486. The van der Waals surface area contributed by atoms with E-state index in [0.717, 1.165) is 0 Å². The summed E-state index contributed by atoms with van der Waals surface area (Å²) in [6.07, 6.45) is 6.20. The first kappa shape index (κ1) is 10.4. The van der Waals surface area contributed by atoms with E-state index in [1.807, 2.05) is 6.34 Å². The van der Waals surface area contributed by atoms with Crippen LogP contribution in [0.1, 0.15) is 40.0 Å². The summed E-state index contributed by atoms with van der Waals surface area (Å²) in [5.41, 5.74) is 0. The Labute approximate surface area is 81.4 Å². The second-order valence-electron chi connectivity index (χ2n) is 3.97. The Morgan fingerprint density at radius 2 is 2.15 bits per heavy atom. The molecule has 0 saturated carbocycles. The van der Waals surface area contributed by atoms with E-state index in [4.69, 9.17) is 0 Å². The first-order chi connectivity index (χ1) is 6.16. The second kappa shape index (κ2) is 4.49. The van der Waals surface area contributed by atoms with Crippen LogP contribution in [0.15, 0.2) is 5.10 Å². The fourth-order valence-corrected chi connectivity index (χ4v) is 1.69. The van der Waals surface area contributed by atoms with E-state index in [9.17, 15) is 0 Å². The van der Waals surface area contributed by atoms with Crippen LogP contribution < -0.4 is 0 Å². The predicted molar refractivity (Wildman–Crippen MR) is 56.5 cm³/mol. The van der Waals surface area contributed by atoms with Crippen LogP contribution in [0, 0.1) is 0 Å². The third kappa shape index (κ3) is 2.36. The van der Waals surface area contributed by atoms with Crippen LogP contribution in [-0.4, -0.2) is 35.5 Å². The minimum absolute atomic E-state index is 0.486. The van der Waals surface area contributed by atoms with Crippen molar-refractivity contribution in [2.24, 2.45) is 5.10 Å². The molecule has 1 rings (SSSR count). The predicted octanol–water partition coefficient (Wildman–Crippen LogP) is 2.10. The molecule has 1 aliphatic rings. The molecule has 0 N–H and O–H groups in total. The van der Waals surface area contributed by atoms with Crippen molar-refractivity contribution in [3.63, 3.8) is 0 Å². The minimum Gasteiger partial charge on any atom is -0.337 e. The van der Waals surface area contributed by atoms with E-state index in [-0.39, 0.29) is 0 Å². The van der Waals surface area contributed by atoms with Crippen LogP contribution >= 0.6 is 0 Å². The summed E-state index contributed by atoms with van der Waals surface area (Å²) in [5, 5.41) is 6.37. The molecule has 76 valence electrons. The number of hydrogen-bond donors (Lipinski definition) is 0. The normalized spacial score (nSPS) is 22.1. The first-order valence-corrected chi connectivity index (χ1v) is 5.21. The van der Waals surface area contributed by atoms with Crippen molar-refractivity contribution in [2.75, 3.05) is 7.05 Å². The van der Waals surface area contributed by atoms with Crippen molar-refractivity contribution in [1.29, 1.82) is 0 Å². The third-order valence-electron chi connectivity index (χ3n) is 2.55. The molecule has 1 heterocycles. The molecule has 1 atom stereocenters. The Kier molecular flexibility index (Phi) is 3.58. The summed E-state index contributed by atoms with van der Waals surface area (Å²) in [6, 6.07) is 0.551. The van der Waals surface area contributed by atoms with Crippen LogP contribution in [0.5, 0.6) is 0 Å². The number of rotatable bonds is 4. The van der Waals surface area contributed by atoms with Gasteiger partial charge in [-0.3, -0.25) is 5.01 Å². The van der Waals surface area contributed by atoms with Gasteiger partial charge in [-0.15, -0.1) is 0 Å². The molecule has 0 fully saturated rings. The van der Waals surface area contributed by atoms with Crippen LogP contribution in [0.4, 0.5) is 0 Å². The van der Waals surface area contributed by atoms with Gasteiger partial charge in [0.2, 0.25) is 0 Å².